The van der Waals surface area contributed by atoms with Crippen molar-refractivity contribution in [2.45, 2.75) is 25.0 Å². The van der Waals surface area contributed by atoms with Gasteiger partial charge >= 0.3 is 5.69 Å². The Morgan fingerprint density at radius 1 is 1.70 bits per heavy atom. The van der Waals surface area contributed by atoms with Crippen molar-refractivity contribution in [3.05, 3.63) is 33.9 Å². The van der Waals surface area contributed by atoms with Gasteiger partial charge < -0.3 is 15.2 Å². The summed E-state index contributed by atoms with van der Waals surface area (Å²) in [5.74, 6) is 0. The maximum absolute atomic E-state index is 11.1. The number of benzene rings is 1. The van der Waals surface area contributed by atoms with E-state index in [0.717, 1.165) is 0 Å². The number of nitrogens with one attached hydrogen (secondary N) is 1. The van der Waals surface area contributed by atoms with E-state index in [1.807, 2.05) is 0 Å². The fraction of sp³-hybridized carbons (Fsp3) is 0.462. The van der Waals surface area contributed by atoms with E-state index in [4.69, 9.17) is 10.00 Å². The van der Waals surface area contributed by atoms with Gasteiger partial charge in [0, 0.05) is 19.6 Å². The maximum atomic E-state index is 11.1. The zero-order valence-corrected chi connectivity index (χ0v) is 11.0. The Labute approximate surface area is 115 Å². The molecule has 1 saturated heterocycles. The molecule has 0 aromatic heterocycles. The van der Waals surface area contributed by atoms with Crippen molar-refractivity contribution < 1.29 is 14.8 Å². The summed E-state index contributed by atoms with van der Waals surface area (Å²) in [7, 11) is 0. The van der Waals surface area contributed by atoms with Gasteiger partial charge in [0.15, 0.2) is 0 Å². The van der Waals surface area contributed by atoms with Gasteiger partial charge in [-0.1, -0.05) is 6.07 Å². The fourth-order valence-electron chi connectivity index (χ4n) is 2.22. The van der Waals surface area contributed by atoms with Gasteiger partial charge in [-0.05, 0) is 19.1 Å². The second-order valence-corrected chi connectivity index (χ2v) is 4.79. The standard InChI is InChI=1S/C13H15N3O4/c1-9-13(17,5-6-20-9)8-15-11-4-2-3-10(7-14)12(11)16(18)19/h2-4,9,15,17H,5-6,8H2,1H3. The average Bonchev–Trinajstić information content (AvgIpc) is 2.76. The van der Waals surface area contributed by atoms with E-state index >= 15 is 0 Å². The molecule has 2 rings (SSSR count). The van der Waals surface area contributed by atoms with Crippen LogP contribution in [0.5, 0.6) is 0 Å². The minimum Gasteiger partial charge on any atom is -0.385 e. The van der Waals surface area contributed by atoms with Gasteiger partial charge in [-0.25, -0.2) is 0 Å². The highest BCUT2D eigenvalue weighted by Gasteiger charge is 2.39. The van der Waals surface area contributed by atoms with E-state index in [1.54, 1.807) is 19.1 Å². The van der Waals surface area contributed by atoms with Crippen molar-refractivity contribution in [1.29, 1.82) is 5.26 Å². The minimum atomic E-state index is -1.06. The summed E-state index contributed by atoms with van der Waals surface area (Å²) in [5.41, 5.74) is -1.12. The van der Waals surface area contributed by atoms with Gasteiger partial charge in [-0.2, -0.15) is 5.26 Å². The molecule has 1 fully saturated rings. The molecule has 0 bridgehead atoms. The second kappa shape index (κ2) is 5.45. The number of aliphatic hydroxyl groups is 1. The number of nitro benzene ring substituents is 1. The first kappa shape index (κ1) is 14.2. The lowest BCUT2D eigenvalue weighted by Crippen LogP contribution is -2.43. The molecule has 2 atom stereocenters. The molecule has 0 spiro atoms. The van der Waals surface area contributed by atoms with Gasteiger partial charge in [-0.3, -0.25) is 10.1 Å². The largest absolute Gasteiger partial charge is 0.385 e. The number of rotatable bonds is 4. The fourth-order valence-corrected chi connectivity index (χ4v) is 2.22. The lowest BCUT2D eigenvalue weighted by atomic mass is 9.96. The summed E-state index contributed by atoms with van der Waals surface area (Å²) >= 11 is 0. The number of para-hydroxylation sites is 1. The first-order valence-electron chi connectivity index (χ1n) is 6.23. The molecule has 2 unspecified atom stereocenters. The van der Waals surface area contributed by atoms with E-state index < -0.39 is 10.5 Å². The van der Waals surface area contributed by atoms with Crippen LogP contribution in [0.15, 0.2) is 18.2 Å². The Balaban J connectivity index is 2.22. The minimum absolute atomic E-state index is 0.0114. The molecule has 0 aliphatic carbocycles. The molecular formula is C13H15N3O4. The number of ether oxygens (including phenoxy) is 1. The van der Waals surface area contributed by atoms with Crippen LogP contribution >= 0.6 is 0 Å². The van der Waals surface area contributed by atoms with Crippen LogP contribution in [0.3, 0.4) is 0 Å². The molecule has 20 heavy (non-hydrogen) atoms. The van der Waals surface area contributed by atoms with Crippen LogP contribution in [-0.2, 0) is 4.74 Å². The quantitative estimate of drug-likeness (QED) is 0.636. The first-order chi connectivity index (χ1) is 9.48. The van der Waals surface area contributed by atoms with Crippen molar-refractivity contribution >= 4 is 11.4 Å². The molecule has 1 aromatic carbocycles. The zero-order chi connectivity index (χ0) is 14.8. The number of nitrogens with zero attached hydrogens (tertiary/aromatic N) is 2. The molecule has 2 N–H and O–H groups in total. The van der Waals surface area contributed by atoms with E-state index in [2.05, 4.69) is 5.32 Å². The van der Waals surface area contributed by atoms with Gasteiger partial charge in [0.05, 0.1) is 11.0 Å². The molecule has 1 aliphatic heterocycles. The van der Waals surface area contributed by atoms with Crippen LogP contribution < -0.4 is 5.32 Å². The van der Waals surface area contributed by atoms with Crippen LogP contribution in [0.25, 0.3) is 0 Å². The Morgan fingerprint density at radius 3 is 3.00 bits per heavy atom. The van der Waals surface area contributed by atoms with E-state index in [1.165, 1.54) is 12.1 Å². The highest BCUT2D eigenvalue weighted by Crippen LogP contribution is 2.31. The average molecular weight is 277 g/mol. The Morgan fingerprint density at radius 2 is 2.45 bits per heavy atom. The van der Waals surface area contributed by atoms with Crippen molar-refractivity contribution in [2.75, 3.05) is 18.5 Å². The first-order valence-corrected chi connectivity index (χ1v) is 6.23. The number of hydrogen-bond donors (Lipinski definition) is 2. The molecule has 106 valence electrons. The van der Waals surface area contributed by atoms with E-state index in [9.17, 15) is 15.2 Å². The van der Waals surface area contributed by atoms with E-state index in [-0.39, 0.29) is 29.6 Å². The molecular weight excluding hydrogens is 262 g/mol. The Kier molecular flexibility index (Phi) is 3.88. The van der Waals surface area contributed by atoms with E-state index in [0.29, 0.717) is 13.0 Å². The molecule has 7 nitrogen and oxygen atoms in total. The molecule has 1 aromatic rings. The lowest BCUT2D eigenvalue weighted by molar-refractivity contribution is -0.384. The smallest absolute Gasteiger partial charge is 0.309 e. The normalized spacial score (nSPS) is 25.1. The molecule has 7 heteroatoms. The van der Waals surface area contributed by atoms with Crippen molar-refractivity contribution in [2.24, 2.45) is 0 Å². The summed E-state index contributed by atoms with van der Waals surface area (Å²) < 4.78 is 5.30. The summed E-state index contributed by atoms with van der Waals surface area (Å²) in [6.07, 6.45) is 0.126. The number of hydrogen-bond acceptors (Lipinski definition) is 6. The van der Waals surface area contributed by atoms with Gasteiger partial charge in [0.1, 0.15) is 22.9 Å². The van der Waals surface area contributed by atoms with Crippen LogP contribution in [0.1, 0.15) is 18.9 Å². The SMILES string of the molecule is CC1OCCC1(O)CNc1cccc(C#N)c1[N+](=O)[O-]. The summed E-state index contributed by atoms with van der Waals surface area (Å²) in [4.78, 5) is 10.5. The molecule has 0 radical (unpaired) electrons. The highest BCUT2D eigenvalue weighted by atomic mass is 16.6. The number of anilines is 1. The third kappa shape index (κ3) is 2.57. The summed E-state index contributed by atoms with van der Waals surface area (Å²) in [6, 6.07) is 6.26. The third-order valence-electron chi connectivity index (χ3n) is 3.58. The second-order valence-electron chi connectivity index (χ2n) is 4.79. The summed E-state index contributed by atoms with van der Waals surface area (Å²) in [5, 5.41) is 33.2. The predicted octanol–water partition coefficient (Wildman–Crippen LogP) is 1.42. The lowest BCUT2D eigenvalue weighted by Gasteiger charge is -2.26. The topological polar surface area (TPSA) is 108 Å². The van der Waals surface area contributed by atoms with Crippen molar-refractivity contribution in [1.82, 2.24) is 0 Å². The highest BCUT2D eigenvalue weighted by molar-refractivity contribution is 5.68. The van der Waals surface area contributed by atoms with Crippen LogP contribution in [0, 0.1) is 21.4 Å². The van der Waals surface area contributed by atoms with Crippen LogP contribution in [-0.4, -0.2) is 34.9 Å². The van der Waals surface area contributed by atoms with Gasteiger partial charge in [0.2, 0.25) is 0 Å². The molecule has 0 saturated carbocycles. The van der Waals surface area contributed by atoms with Crippen LogP contribution in [0.4, 0.5) is 11.4 Å². The number of nitriles is 1. The van der Waals surface area contributed by atoms with Gasteiger partial charge in [0.25, 0.3) is 0 Å². The van der Waals surface area contributed by atoms with Crippen molar-refractivity contribution in [3.63, 3.8) is 0 Å². The Hall–Kier alpha value is -2.17. The molecule has 0 amide bonds. The number of nitro groups is 1. The summed E-state index contributed by atoms with van der Waals surface area (Å²) in [6.45, 7) is 2.35. The molecule has 1 heterocycles. The van der Waals surface area contributed by atoms with Crippen LogP contribution in [0.2, 0.25) is 0 Å². The zero-order valence-electron chi connectivity index (χ0n) is 11.0. The monoisotopic (exact) mass is 277 g/mol. The third-order valence-corrected chi connectivity index (χ3v) is 3.58. The predicted molar refractivity (Wildman–Crippen MR) is 71.3 cm³/mol. The van der Waals surface area contributed by atoms with Crippen molar-refractivity contribution in [3.8, 4) is 6.07 Å². The van der Waals surface area contributed by atoms with Gasteiger partial charge in [-0.15, -0.1) is 0 Å². The maximum Gasteiger partial charge on any atom is 0.309 e. The molecule has 1 aliphatic rings. The Bertz CT molecular complexity index is 569.